The number of likely N-dealkylation sites (N-methyl/N-ethyl adjacent to an activating group) is 1. The van der Waals surface area contributed by atoms with Crippen LogP contribution in [0, 0.1) is 3.57 Å². The summed E-state index contributed by atoms with van der Waals surface area (Å²) in [7, 11) is 1.65. The Morgan fingerprint density at radius 3 is 2.31 bits per heavy atom. The molecule has 1 aromatic rings. The van der Waals surface area contributed by atoms with Crippen molar-refractivity contribution in [3.05, 3.63) is 33.4 Å². The van der Waals surface area contributed by atoms with Crippen LogP contribution in [0.3, 0.4) is 0 Å². The van der Waals surface area contributed by atoms with E-state index in [1.54, 1.807) is 7.05 Å². The maximum atomic E-state index is 11.4. The fourth-order valence-electron chi connectivity index (χ4n) is 1.51. The third-order valence-corrected chi connectivity index (χ3v) is 3.23. The van der Waals surface area contributed by atoms with Crippen molar-refractivity contribution in [2.24, 2.45) is 0 Å². The van der Waals surface area contributed by atoms with E-state index in [1.165, 1.54) is 9.13 Å². The zero-order chi connectivity index (χ0) is 12.1. The highest BCUT2D eigenvalue weighted by molar-refractivity contribution is 14.1. The highest BCUT2D eigenvalue weighted by Crippen LogP contribution is 2.14. The Kier molecular flexibility index (Phi) is 5.21. The molecule has 0 spiro atoms. The lowest BCUT2D eigenvalue weighted by Gasteiger charge is -2.19. The molecule has 2 atom stereocenters. The lowest BCUT2D eigenvalue weighted by atomic mass is 10.1. The number of rotatable bonds is 4. The average molecular weight is 332 g/mol. The van der Waals surface area contributed by atoms with Crippen LogP contribution in [-0.2, 0) is 4.79 Å². The molecule has 0 bridgehead atoms. The molecule has 0 aliphatic heterocycles. The van der Waals surface area contributed by atoms with Crippen molar-refractivity contribution in [1.82, 2.24) is 10.6 Å². The number of hydrogen-bond acceptors (Lipinski definition) is 2. The van der Waals surface area contributed by atoms with E-state index in [-0.39, 0.29) is 18.0 Å². The second kappa shape index (κ2) is 6.20. The van der Waals surface area contributed by atoms with Crippen LogP contribution >= 0.6 is 22.6 Å². The van der Waals surface area contributed by atoms with Gasteiger partial charge in [0, 0.05) is 16.7 Å². The van der Waals surface area contributed by atoms with Gasteiger partial charge in [-0.1, -0.05) is 12.1 Å². The Balaban J connectivity index is 2.61. The SMILES string of the molecule is CNC(=O)C(C)NC(C)c1ccc(I)cc1. The molecule has 88 valence electrons. The summed E-state index contributed by atoms with van der Waals surface area (Å²) in [4.78, 5) is 11.4. The molecule has 0 saturated carbocycles. The molecule has 3 nitrogen and oxygen atoms in total. The minimum atomic E-state index is -0.181. The van der Waals surface area contributed by atoms with Gasteiger partial charge in [-0.05, 0) is 54.1 Å². The van der Waals surface area contributed by atoms with Crippen molar-refractivity contribution in [3.8, 4) is 0 Å². The first-order valence-corrected chi connectivity index (χ1v) is 6.35. The smallest absolute Gasteiger partial charge is 0.236 e. The lowest BCUT2D eigenvalue weighted by Crippen LogP contribution is -2.41. The van der Waals surface area contributed by atoms with Crippen LogP contribution in [0.5, 0.6) is 0 Å². The standard InChI is InChI=1S/C12H17IN2O/c1-8(15-9(2)12(16)14-3)10-4-6-11(13)7-5-10/h4-9,15H,1-3H3,(H,14,16). The van der Waals surface area contributed by atoms with E-state index < -0.39 is 0 Å². The van der Waals surface area contributed by atoms with Crippen molar-refractivity contribution in [3.63, 3.8) is 0 Å². The Morgan fingerprint density at radius 1 is 1.25 bits per heavy atom. The van der Waals surface area contributed by atoms with E-state index >= 15 is 0 Å². The number of nitrogens with one attached hydrogen (secondary N) is 2. The summed E-state index contributed by atoms with van der Waals surface area (Å²) < 4.78 is 1.22. The van der Waals surface area contributed by atoms with E-state index in [0.717, 1.165) is 0 Å². The summed E-state index contributed by atoms with van der Waals surface area (Å²) in [6.45, 7) is 3.92. The van der Waals surface area contributed by atoms with Gasteiger partial charge in [0.1, 0.15) is 0 Å². The van der Waals surface area contributed by atoms with Gasteiger partial charge in [0.25, 0.3) is 0 Å². The molecule has 0 heterocycles. The molecule has 0 saturated heterocycles. The predicted molar refractivity (Wildman–Crippen MR) is 74.2 cm³/mol. The van der Waals surface area contributed by atoms with Crippen LogP contribution in [0.1, 0.15) is 25.5 Å². The molecule has 1 rings (SSSR count). The first-order chi connectivity index (χ1) is 7.54. The number of carbonyl (C=O) groups excluding carboxylic acids is 1. The highest BCUT2D eigenvalue weighted by atomic mass is 127. The summed E-state index contributed by atoms with van der Waals surface area (Å²) in [5.74, 6) is 0.0114. The molecule has 1 amide bonds. The third-order valence-electron chi connectivity index (χ3n) is 2.51. The van der Waals surface area contributed by atoms with Crippen LogP contribution in [0.4, 0.5) is 0 Å². The van der Waals surface area contributed by atoms with E-state index in [9.17, 15) is 4.79 Å². The molecule has 4 heteroatoms. The fraction of sp³-hybridized carbons (Fsp3) is 0.417. The fourth-order valence-corrected chi connectivity index (χ4v) is 1.87. The minimum Gasteiger partial charge on any atom is -0.358 e. The molecule has 2 N–H and O–H groups in total. The molecule has 0 fully saturated rings. The van der Waals surface area contributed by atoms with Crippen molar-refractivity contribution < 1.29 is 4.79 Å². The Hall–Kier alpha value is -0.620. The number of amides is 1. The van der Waals surface area contributed by atoms with Crippen molar-refractivity contribution in [2.75, 3.05) is 7.05 Å². The molecule has 0 radical (unpaired) electrons. The van der Waals surface area contributed by atoms with Crippen LogP contribution in [0.15, 0.2) is 24.3 Å². The highest BCUT2D eigenvalue weighted by Gasteiger charge is 2.14. The summed E-state index contributed by atoms with van der Waals surface area (Å²) in [5, 5.41) is 5.88. The van der Waals surface area contributed by atoms with E-state index in [2.05, 4.69) is 64.4 Å². The zero-order valence-corrected chi connectivity index (χ0v) is 11.9. The maximum absolute atomic E-state index is 11.4. The minimum absolute atomic E-state index is 0.0114. The van der Waals surface area contributed by atoms with Gasteiger partial charge in [-0.3, -0.25) is 10.1 Å². The average Bonchev–Trinajstić information content (AvgIpc) is 2.28. The molecule has 0 aromatic heterocycles. The summed E-state index contributed by atoms with van der Waals surface area (Å²) >= 11 is 2.28. The van der Waals surface area contributed by atoms with Gasteiger partial charge < -0.3 is 5.32 Å². The molecule has 1 aromatic carbocycles. The Morgan fingerprint density at radius 2 is 1.81 bits per heavy atom. The summed E-state index contributed by atoms with van der Waals surface area (Å²) in [6.07, 6.45) is 0. The van der Waals surface area contributed by atoms with Gasteiger partial charge in [-0.25, -0.2) is 0 Å². The third kappa shape index (κ3) is 3.75. The van der Waals surface area contributed by atoms with Gasteiger partial charge in [0.15, 0.2) is 0 Å². The molecular weight excluding hydrogens is 315 g/mol. The first-order valence-electron chi connectivity index (χ1n) is 5.27. The second-order valence-electron chi connectivity index (χ2n) is 3.78. The van der Waals surface area contributed by atoms with Crippen molar-refractivity contribution in [2.45, 2.75) is 25.9 Å². The molecule has 0 aliphatic carbocycles. The second-order valence-corrected chi connectivity index (χ2v) is 5.02. The number of benzene rings is 1. The van der Waals surface area contributed by atoms with Crippen LogP contribution < -0.4 is 10.6 Å². The van der Waals surface area contributed by atoms with E-state index in [1.807, 2.05) is 6.92 Å². The number of carbonyl (C=O) groups is 1. The molecule has 16 heavy (non-hydrogen) atoms. The molecule has 0 aliphatic rings. The Bertz CT molecular complexity index is 351. The topological polar surface area (TPSA) is 41.1 Å². The monoisotopic (exact) mass is 332 g/mol. The van der Waals surface area contributed by atoms with E-state index in [0.29, 0.717) is 0 Å². The Labute approximate surface area is 110 Å². The number of hydrogen-bond donors (Lipinski definition) is 2. The largest absolute Gasteiger partial charge is 0.358 e. The number of halogens is 1. The quantitative estimate of drug-likeness (QED) is 0.829. The van der Waals surface area contributed by atoms with Crippen LogP contribution in [-0.4, -0.2) is 19.0 Å². The van der Waals surface area contributed by atoms with Gasteiger partial charge >= 0.3 is 0 Å². The summed E-state index contributed by atoms with van der Waals surface area (Å²) in [5.41, 5.74) is 1.19. The zero-order valence-electron chi connectivity index (χ0n) is 9.75. The summed E-state index contributed by atoms with van der Waals surface area (Å²) in [6, 6.07) is 8.28. The van der Waals surface area contributed by atoms with Crippen LogP contribution in [0.25, 0.3) is 0 Å². The normalized spacial score (nSPS) is 14.2. The van der Waals surface area contributed by atoms with Gasteiger partial charge in [-0.2, -0.15) is 0 Å². The van der Waals surface area contributed by atoms with Crippen LogP contribution in [0.2, 0.25) is 0 Å². The van der Waals surface area contributed by atoms with Gasteiger partial charge in [-0.15, -0.1) is 0 Å². The lowest BCUT2D eigenvalue weighted by molar-refractivity contribution is -0.122. The van der Waals surface area contributed by atoms with Gasteiger partial charge in [0.05, 0.1) is 6.04 Å². The van der Waals surface area contributed by atoms with Crippen molar-refractivity contribution >= 4 is 28.5 Å². The first kappa shape index (κ1) is 13.4. The van der Waals surface area contributed by atoms with Gasteiger partial charge in [0.2, 0.25) is 5.91 Å². The predicted octanol–water partition coefficient (Wildman–Crippen LogP) is 2.08. The maximum Gasteiger partial charge on any atom is 0.236 e. The molecule has 2 unspecified atom stereocenters. The van der Waals surface area contributed by atoms with Crippen molar-refractivity contribution in [1.29, 1.82) is 0 Å². The molecular formula is C12H17IN2O. The van der Waals surface area contributed by atoms with E-state index in [4.69, 9.17) is 0 Å².